The van der Waals surface area contributed by atoms with Crippen molar-refractivity contribution < 1.29 is 14.2 Å². The molecule has 0 spiro atoms. The summed E-state index contributed by atoms with van der Waals surface area (Å²) < 4.78 is 17.0. The van der Waals surface area contributed by atoms with Gasteiger partial charge < -0.3 is 19.5 Å². The van der Waals surface area contributed by atoms with Gasteiger partial charge in [0.25, 0.3) is 0 Å². The first kappa shape index (κ1) is 19.8. The van der Waals surface area contributed by atoms with Crippen LogP contribution in [0.3, 0.4) is 0 Å². The van der Waals surface area contributed by atoms with E-state index in [0.717, 1.165) is 41.3 Å². The Morgan fingerprint density at radius 2 is 1.39 bits per heavy atom. The molecule has 0 amide bonds. The molecule has 0 bridgehead atoms. The fraction of sp³-hybridized carbons (Fsp3) is 0.250. The van der Waals surface area contributed by atoms with Crippen molar-refractivity contribution in [2.75, 3.05) is 20.8 Å². The molecule has 3 rings (SSSR count). The molecular formula is C24H27NO3. The van der Waals surface area contributed by atoms with Crippen molar-refractivity contribution in [1.29, 1.82) is 0 Å². The molecule has 3 aromatic rings. The highest BCUT2D eigenvalue weighted by Crippen LogP contribution is 2.31. The van der Waals surface area contributed by atoms with Crippen molar-refractivity contribution in [3.8, 4) is 17.2 Å². The lowest BCUT2D eigenvalue weighted by molar-refractivity contribution is 0.280. The second-order valence-electron chi connectivity index (χ2n) is 6.46. The monoisotopic (exact) mass is 377 g/mol. The maximum Gasteiger partial charge on any atom is 0.166 e. The van der Waals surface area contributed by atoms with Crippen LogP contribution in [-0.2, 0) is 19.6 Å². The highest BCUT2D eigenvalue weighted by molar-refractivity contribution is 5.46. The molecule has 0 unspecified atom stereocenters. The number of rotatable bonds is 10. The van der Waals surface area contributed by atoms with Gasteiger partial charge in [-0.05, 0) is 36.2 Å². The van der Waals surface area contributed by atoms with Crippen molar-refractivity contribution in [3.63, 3.8) is 0 Å². The second kappa shape index (κ2) is 10.4. The molecule has 0 aliphatic carbocycles. The Kier molecular flexibility index (Phi) is 7.33. The van der Waals surface area contributed by atoms with Gasteiger partial charge in [-0.25, -0.2) is 0 Å². The van der Waals surface area contributed by atoms with E-state index in [4.69, 9.17) is 14.2 Å². The zero-order chi connectivity index (χ0) is 19.6. The van der Waals surface area contributed by atoms with Crippen LogP contribution in [0, 0.1) is 0 Å². The molecule has 3 aromatic carbocycles. The molecule has 0 fully saturated rings. The zero-order valence-corrected chi connectivity index (χ0v) is 16.5. The molecule has 0 aliphatic rings. The minimum absolute atomic E-state index is 0.509. The van der Waals surface area contributed by atoms with Crippen molar-refractivity contribution in [1.82, 2.24) is 5.32 Å². The maximum atomic E-state index is 6.11. The van der Waals surface area contributed by atoms with Gasteiger partial charge in [-0.3, -0.25) is 0 Å². The van der Waals surface area contributed by atoms with Crippen LogP contribution in [0.1, 0.15) is 16.7 Å². The molecule has 0 saturated carbocycles. The average Bonchev–Trinajstić information content (AvgIpc) is 2.76. The minimum atomic E-state index is 0.509. The number of ether oxygens (including phenoxy) is 3. The third kappa shape index (κ3) is 5.27. The molecule has 0 saturated heterocycles. The van der Waals surface area contributed by atoms with E-state index in [-0.39, 0.29) is 0 Å². The number of methoxy groups -OCH3 is 2. The summed E-state index contributed by atoms with van der Waals surface area (Å²) in [7, 11) is 3.38. The minimum Gasteiger partial charge on any atom is -0.496 e. The van der Waals surface area contributed by atoms with Crippen LogP contribution in [0.2, 0.25) is 0 Å². The van der Waals surface area contributed by atoms with E-state index < -0.39 is 0 Å². The van der Waals surface area contributed by atoms with Crippen LogP contribution in [0.4, 0.5) is 0 Å². The lowest BCUT2D eigenvalue weighted by Crippen LogP contribution is -2.17. The van der Waals surface area contributed by atoms with Crippen molar-refractivity contribution in [2.24, 2.45) is 0 Å². The van der Waals surface area contributed by atoms with E-state index in [1.165, 1.54) is 5.56 Å². The van der Waals surface area contributed by atoms with Crippen LogP contribution in [-0.4, -0.2) is 20.8 Å². The Balaban J connectivity index is 1.61. The first-order chi connectivity index (χ1) is 13.8. The van der Waals surface area contributed by atoms with Crippen LogP contribution in [0.25, 0.3) is 0 Å². The number of para-hydroxylation sites is 2. The zero-order valence-electron chi connectivity index (χ0n) is 16.5. The van der Waals surface area contributed by atoms with Gasteiger partial charge in [0.2, 0.25) is 0 Å². The standard InChI is InChI=1S/C24H27NO3/c1-26-22-13-7-6-11-20(22)15-16-25-17-21-12-8-14-23(27-2)24(21)28-18-19-9-4-3-5-10-19/h3-14,25H,15-18H2,1-2H3. The van der Waals surface area contributed by atoms with Crippen LogP contribution >= 0.6 is 0 Å². The highest BCUT2D eigenvalue weighted by Gasteiger charge is 2.11. The molecule has 0 radical (unpaired) electrons. The van der Waals surface area contributed by atoms with Gasteiger partial charge in [0, 0.05) is 12.1 Å². The van der Waals surface area contributed by atoms with Crippen LogP contribution < -0.4 is 19.5 Å². The van der Waals surface area contributed by atoms with Gasteiger partial charge in [0.05, 0.1) is 14.2 Å². The molecule has 4 nitrogen and oxygen atoms in total. The van der Waals surface area contributed by atoms with Gasteiger partial charge >= 0.3 is 0 Å². The summed E-state index contributed by atoms with van der Waals surface area (Å²) >= 11 is 0. The Labute approximate surface area is 167 Å². The average molecular weight is 377 g/mol. The van der Waals surface area contributed by atoms with Crippen molar-refractivity contribution in [3.05, 3.63) is 89.5 Å². The largest absolute Gasteiger partial charge is 0.496 e. The summed E-state index contributed by atoms with van der Waals surface area (Å²) in [5.41, 5.74) is 3.41. The molecule has 0 atom stereocenters. The first-order valence-electron chi connectivity index (χ1n) is 9.47. The third-order valence-corrected chi connectivity index (χ3v) is 4.59. The summed E-state index contributed by atoms with van der Waals surface area (Å²) in [5, 5.41) is 3.50. The topological polar surface area (TPSA) is 39.7 Å². The smallest absolute Gasteiger partial charge is 0.166 e. The fourth-order valence-electron chi connectivity index (χ4n) is 3.11. The van der Waals surface area contributed by atoms with E-state index in [2.05, 4.69) is 29.6 Å². The maximum absolute atomic E-state index is 6.11. The SMILES string of the molecule is COc1ccccc1CCNCc1cccc(OC)c1OCc1ccccc1. The van der Waals surface area contributed by atoms with Gasteiger partial charge in [0.15, 0.2) is 11.5 Å². The second-order valence-corrected chi connectivity index (χ2v) is 6.46. The van der Waals surface area contributed by atoms with Gasteiger partial charge in [0.1, 0.15) is 12.4 Å². The van der Waals surface area contributed by atoms with E-state index in [1.54, 1.807) is 14.2 Å². The normalized spacial score (nSPS) is 10.5. The van der Waals surface area contributed by atoms with E-state index >= 15 is 0 Å². The van der Waals surface area contributed by atoms with Crippen LogP contribution in [0.5, 0.6) is 17.2 Å². The first-order valence-corrected chi connectivity index (χ1v) is 9.47. The number of hydrogen-bond donors (Lipinski definition) is 1. The molecule has 0 aromatic heterocycles. The number of nitrogens with one attached hydrogen (secondary N) is 1. The van der Waals surface area contributed by atoms with Crippen molar-refractivity contribution in [2.45, 2.75) is 19.6 Å². The quantitative estimate of drug-likeness (QED) is 0.524. The molecular weight excluding hydrogens is 350 g/mol. The molecule has 4 heteroatoms. The lowest BCUT2D eigenvalue weighted by Gasteiger charge is -2.16. The third-order valence-electron chi connectivity index (χ3n) is 4.59. The summed E-state index contributed by atoms with van der Waals surface area (Å²) in [5.74, 6) is 2.47. The molecule has 146 valence electrons. The Morgan fingerprint density at radius 3 is 2.18 bits per heavy atom. The van der Waals surface area contributed by atoms with Crippen molar-refractivity contribution >= 4 is 0 Å². The predicted octanol–water partition coefficient (Wildman–Crippen LogP) is 4.62. The number of benzene rings is 3. The Bertz CT molecular complexity index is 865. The van der Waals surface area contributed by atoms with E-state index in [1.807, 2.05) is 48.5 Å². The van der Waals surface area contributed by atoms with E-state index in [9.17, 15) is 0 Å². The summed E-state index contributed by atoms with van der Waals surface area (Å²) in [6.45, 7) is 2.06. The molecule has 1 N–H and O–H groups in total. The molecule has 0 heterocycles. The fourth-order valence-corrected chi connectivity index (χ4v) is 3.11. The van der Waals surface area contributed by atoms with Gasteiger partial charge in [-0.2, -0.15) is 0 Å². The molecule has 28 heavy (non-hydrogen) atoms. The summed E-state index contributed by atoms with van der Waals surface area (Å²) in [4.78, 5) is 0. The van der Waals surface area contributed by atoms with Crippen LogP contribution in [0.15, 0.2) is 72.8 Å². The Hall–Kier alpha value is -2.98. The summed E-state index contributed by atoms with van der Waals surface area (Å²) in [6, 6.07) is 24.3. The molecule has 0 aliphatic heterocycles. The van der Waals surface area contributed by atoms with Gasteiger partial charge in [-0.1, -0.05) is 60.7 Å². The predicted molar refractivity (Wildman–Crippen MR) is 112 cm³/mol. The highest BCUT2D eigenvalue weighted by atomic mass is 16.5. The Morgan fingerprint density at radius 1 is 0.714 bits per heavy atom. The lowest BCUT2D eigenvalue weighted by atomic mass is 10.1. The van der Waals surface area contributed by atoms with E-state index in [0.29, 0.717) is 13.2 Å². The number of hydrogen-bond acceptors (Lipinski definition) is 4. The van der Waals surface area contributed by atoms with Gasteiger partial charge in [-0.15, -0.1) is 0 Å². The summed E-state index contributed by atoms with van der Waals surface area (Å²) in [6.07, 6.45) is 0.897.